The quantitative estimate of drug-likeness (QED) is 0.457. The lowest BCUT2D eigenvalue weighted by Crippen LogP contribution is -2.33. The average Bonchev–Trinajstić information content (AvgIpc) is 3.49. The maximum Gasteiger partial charge on any atom is 0.342 e. The molecule has 5 rings (SSSR count). The molecular weight excluding hydrogens is 404 g/mol. The number of aromatic nitrogens is 3. The highest BCUT2D eigenvalue weighted by Crippen LogP contribution is 2.28. The van der Waals surface area contributed by atoms with Gasteiger partial charge in [0.15, 0.2) is 6.61 Å². The molecular formula is C25H20N4O3. The molecule has 0 N–H and O–H groups in total. The summed E-state index contributed by atoms with van der Waals surface area (Å²) in [6, 6.07) is 20.9. The van der Waals surface area contributed by atoms with Crippen LogP contribution in [0.5, 0.6) is 0 Å². The van der Waals surface area contributed by atoms with E-state index >= 15 is 0 Å². The topological polar surface area (TPSA) is 77.3 Å². The fraction of sp³-hybridized carbons (Fsp3) is 0.120. The van der Waals surface area contributed by atoms with Gasteiger partial charge in [-0.2, -0.15) is 5.10 Å². The second-order valence-corrected chi connectivity index (χ2v) is 7.41. The van der Waals surface area contributed by atoms with Gasteiger partial charge < -0.3 is 9.64 Å². The number of rotatable bonds is 5. The normalized spacial score (nSPS) is 12.4. The van der Waals surface area contributed by atoms with E-state index in [1.807, 2.05) is 60.7 Å². The Balaban J connectivity index is 1.38. The first-order chi connectivity index (χ1) is 15.7. The highest BCUT2D eigenvalue weighted by Gasteiger charge is 2.26. The van der Waals surface area contributed by atoms with E-state index < -0.39 is 5.97 Å². The molecule has 0 radical (unpaired) electrons. The highest BCUT2D eigenvalue weighted by molar-refractivity contribution is 6.00. The van der Waals surface area contributed by atoms with Crippen LogP contribution in [0.1, 0.15) is 15.9 Å². The molecule has 32 heavy (non-hydrogen) atoms. The number of benzene rings is 2. The minimum Gasteiger partial charge on any atom is -0.452 e. The molecule has 0 bridgehead atoms. The molecule has 0 saturated heterocycles. The largest absolute Gasteiger partial charge is 0.452 e. The van der Waals surface area contributed by atoms with E-state index in [1.54, 1.807) is 34.2 Å². The van der Waals surface area contributed by atoms with Gasteiger partial charge in [0, 0.05) is 36.4 Å². The van der Waals surface area contributed by atoms with Crippen LogP contribution in [0, 0.1) is 0 Å². The average molecular weight is 424 g/mol. The first-order valence-electron chi connectivity index (χ1n) is 10.3. The van der Waals surface area contributed by atoms with Crippen molar-refractivity contribution < 1.29 is 14.3 Å². The third-order valence-corrected chi connectivity index (χ3v) is 5.40. The summed E-state index contributed by atoms with van der Waals surface area (Å²) in [5.41, 5.74) is 4.22. The maximum absolute atomic E-state index is 13.0. The Hall–Kier alpha value is -4.26. The van der Waals surface area contributed by atoms with Gasteiger partial charge in [0.25, 0.3) is 5.91 Å². The summed E-state index contributed by atoms with van der Waals surface area (Å²) >= 11 is 0. The van der Waals surface area contributed by atoms with E-state index in [-0.39, 0.29) is 18.1 Å². The summed E-state index contributed by atoms with van der Waals surface area (Å²) in [7, 11) is 0. The zero-order valence-corrected chi connectivity index (χ0v) is 17.2. The molecule has 0 unspecified atom stereocenters. The number of hydrogen-bond donors (Lipinski definition) is 0. The van der Waals surface area contributed by atoms with Gasteiger partial charge in [0.05, 0.1) is 5.69 Å². The van der Waals surface area contributed by atoms with Gasteiger partial charge in [-0.3, -0.25) is 9.78 Å². The van der Waals surface area contributed by atoms with Gasteiger partial charge >= 0.3 is 5.97 Å². The minimum atomic E-state index is -0.605. The van der Waals surface area contributed by atoms with Crippen LogP contribution >= 0.6 is 0 Å². The number of amides is 1. The number of ether oxygens (including phenoxy) is 1. The summed E-state index contributed by atoms with van der Waals surface area (Å²) in [4.78, 5) is 31.5. The smallest absolute Gasteiger partial charge is 0.342 e. The van der Waals surface area contributed by atoms with E-state index in [4.69, 9.17) is 4.74 Å². The predicted octanol–water partition coefficient (Wildman–Crippen LogP) is 3.68. The molecule has 3 heterocycles. The number of carbonyl (C=O) groups excluding carboxylic acids is 2. The number of pyridine rings is 1. The molecule has 7 heteroatoms. The van der Waals surface area contributed by atoms with Crippen molar-refractivity contribution in [1.29, 1.82) is 0 Å². The van der Waals surface area contributed by atoms with E-state index in [9.17, 15) is 9.59 Å². The second-order valence-electron chi connectivity index (χ2n) is 7.41. The number of para-hydroxylation sites is 2. The molecule has 0 spiro atoms. The number of esters is 1. The fourth-order valence-corrected chi connectivity index (χ4v) is 3.83. The predicted molar refractivity (Wildman–Crippen MR) is 120 cm³/mol. The lowest BCUT2D eigenvalue weighted by Gasteiger charge is -2.17. The van der Waals surface area contributed by atoms with Crippen LogP contribution in [0.15, 0.2) is 85.3 Å². The number of fused-ring (bicyclic) bond motifs is 1. The number of anilines is 1. The Morgan fingerprint density at radius 1 is 0.969 bits per heavy atom. The molecule has 1 aliphatic rings. The second kappa shape index (κ2) is 8.47. The molecule has 1 aliphatic heterocycles. The summed E-state index contributed by atoms with van der Waals surface area (Å²) in [6.45, 7) is 0.249. The molecule has 0 aliphatic carbocycles. The van der Waals surface area contributed by atoms with Gasteiger partial charge in [-0.1, -0.05) is 36.4 Å². The fourth-order valence-electron chi connectivity index (χ4n) is 3.83. The van der Waals surface area contributed by atoms with Crippen LogP contribution in [0.4, 0.5) is 5.69 Å². The summed E-state index contributed by atoms with van der Waals surface area (Å²) in [5.74, 6) is -0.853. The van der Waals surface area contributed by atoms with Crippen molar-refractivity contribution in [2.24, 2.45) is 0 Å². The molecule has 0 atom stereocenters. The van der Waals surface area contributed by atoms with Crippen molar-refractivity contribution >= 4 is 17.6 Å². The molecule has 7 nitrogen and oxygen atoms in total. The molecule has 4 aromatic rings. The first kappa shape index (κ1) is 19.7. The molecule has 2 aromatic carbocycles. The van der Waals surface area contributed by atoms with Crippen molar-refractivity contribution in [3.05, 3.63) is 96.4 Å². The molecule has 0 saturated carbocycles. The monoisotopic (exact) mass is 424 g/mol. The number of hydrogen-bond acceptors (Lipinski definition) is 5. The van der Waals surface area contributed by atoms with Crippen LogP contribution in [-0.4, -0.2) is 39.8 Å². The Morgan fingerprint density at radius 3 is 2.59 bits per heavy atom. The molecule has 158 valence electrons. The van der Waals surface area contributed by atoms with Crippen LogP contribution < -0.4 is 4.90 Å². The van der Waals surface area contributed by atoms with E-state index in [0.29, 0.717) is 17.8 Å². The zero-order chi connectivity index (χ0) is 21.9. The number of nitrogens with zero attached hydrogens (tertiary/aromatic N) is 4. The van der Waals surface area contributed by atoms with Gasteiger partial charge in [-0.05, 0) is 42.3 Å². The number of carbonyl (C=O) groups is 2. The maximum atomic E-state index is 13.0. The highest BCUT2D eigenvalue weighted by atomic mass is 16.5. The first-order valence-corrected chi connectivity index (χ1v) is 10.3. The minimum absolute atomic E-state index is 0.248. The zero-order valence-electron chi connectivity index (χ0n) is 17.2. The Labute approximate surface area is 184 Å². The van der Waals surface area contributed by atoms with E-state index in [2.05, 4.69) is 10.1 Å². The van der Waals surface area contributed by atoms with Crippen molar-refractivity contribution in [2.45, 2.75) is 6.42 Å². The van der Waals surface area contributed by atoms with Crippen LogP contribution in [-0.2, 0) is 16.0 Å². The van der Waals surface area contributed by atoms with Gasteiger partial charge in [0.2, 0.25) is 0 Å². The Bertz CT molecular complexity index is 1270. The molecule has 0 fully saturated rings. The van der Waals surface area contributed by atoms with Gasteiger partial charge in [-0.25, -0.2) is 9.48 Å². The van der Waals surface area contributed by atoms with Crippen LogP contribution in [0.2, 0.25) is 0 Å². The van der Waals surface area contributed by atoms with Crippen LogP contribution in [0.25, 0.3) is 16.9 Å². The lowest BCUT2D eigenvalue weighted by atomic mass is 10.1. The Kier molecular flexibility index (Phi) is 5.21. The lowest BCUT2D eigenvalue weighted by molar-refractivity contribution is -0.121. The molecule has 2 aromatic heterocycles. The van der Waals surface area contributed by atoms with Crippen molar-refractivity contribution in [2.75, 3.05) is 18.1 Å². The third-order valence-electron chi connectivity index (χ3n) is 5.40. The summed E-state index contributed by atoms with van der Waals surface area (Å²) in [6.07, 6.45) is 5.71. The Morgan fingerprint density at radius 2 is 1.78 bits per heavy atom. The van der Waals surface area contributed by atoms with Crippen molar-refractivity contribution in [3.63, 3.8) is 0 Å². The SMILES string of the molecule is O=C(OCC(=O)N1CCc2ccccc21)c1cn(-c2ccccc2)nc1-c1cccnc1. The van der Waals surface area contributed by atoms with Crippen molar-refractivity contribution in [1.82, 2.24) is 14.8 Å². The van der Waals surface area contributed by atoms with Crippen LogP contribution in [0.3, 0.4) is 0 Å². The van der Waals surface area contributed by atoms with Gasteiger partial charge in [-0.15, -0.1) is 0 Å². The standard InChI is InChI=1S/C25H20N4O3/c30-23(28-14-12-18-7-4-5-11-22(18)28)17-32-25(31)21-16-29(20-9-2-1-3-10-20)27-24(21)19-8-6-13-26-15-19/h1-11,13,15-16H,12,14,17H2. The third kappa shape index (κ3) is 3.76. The van der Waals surface area contributed by atoms with E-state index in [1.165, 1.54) is 0 Å². The van der Waals surface area contributed by atoms with Crippen molar-refractivity contribution in [3.8, 4) is 16.9 Å². The summed E-state index contributed by atoms with van der Waals surface area (Å²) in [5, 5.41) is 4.59. The van der Waals surface area contributed by atoms with E-state index in [0.717, 1.165) is 23.4 Å². The van der Waals surface area contributed by atoms with Gasteiger partial charge in [0.1, 0.15) is 11.3 Å². The molecule has 1 amide bonds. The summed E-state index contributed by atoms with van der Waals surface area (Å²) < 4.78 is 7.05.